The number of phosphoric ester groups is 1. The van der Waals surface area contributed by atoms with Gasteiger partial charge in [0.1, 0.15) is 13.2 Å². The fourth-order valence-electron chi connectivity index (χ4n) is 4.82. The van der Waals surface area contributed by atoms with Gasteiger partial charge in [-0.05, 0) is 44.9 Å². The first-order valence-electron chi connectivity index (χ1n) is 18.4. The summed E-state index contributed by atoms with van der Waals surface area (Å²) in [5, 5.41) is 13.7. The monoisotopic (exact) mass is 672 g/mol. The van der Waals surface area contributed by atoms with E-state index in [0.29, 0.717) is 17.4 Å². The van der Waals surface area contributed by atoms with E-state index < -0.39 is 20.0 Å². The number of carbonyl (C=O) groups is 1. The van der Waals surface area contributed by atoms with Crippen molar-refractivity contribution in [2.75, 3.05) is 40.9 Å². The average Bonchev–Trinajstić information content (AvgIpc) is 2.99. The first kappa shape index (κ1) is 44.7. The number of nitrogens with one attached hydrogen (secondary N) is 1. The summed E-state index contributed by atoms with van der Waals surface area (Å²) >= 11 is 0. The Balaban J connectivity index is 4.58. The smallest absolute Gasteiger partial charge is 0.387 e. The molecular weight excluding hydrogens is 599 g/mol. The van der Waals surface area contributed by atoms with Crippen LogP contribution in [-0.2, 0) is 18.4 Å². The molecule has 0 aromatic carbocycles. The molecule has 0 saturated carbocycles. The molecule has 9 heteroatoms. The fraction of sp³-hybridized carbons (Fsp3) is 0.811. The molecule has 270 valence electrons. The maximum absolute atomic E-state index is 12.7. The quantitative estimate of drug-likeness (QED) is 0.0285. The van der Waals surface area contributed by atoms with Gasteiger partial charge in [-0.3, -0.25) is 13.8 Å². The zero-order valence-corrected chi connectivity index (χ0v) is 31.2. The van der Waals surface area contributed by atoms with Crippen LogP contribution in [0.5, 0.6) is 0 Å². The summed E-state index contributed by atoms with van der Waals surface area (Å²) in [6.07, 6.45) is 33.5. The van der Waals surface area contributed by atoms with Crippen LogP contribution in [0.3, 0.4) is 0 Å². The summed E-state index contributed by atoms with van der Waals surface area (Å²) in [7, 11) is 1.55. The van der Waals surface area contributed by atoms with Crippen LogP contribution in [0.1, 0.15) is 142 Å². The summed E-state index contributed by atoms with van der Waals surface area (Å²) in [6.45, 7) is 4.71. The van der Waals surface area contributed by atoms with Crippen LogP contribution in [0, 0.1) is 0 Å². The van der Waals surface area contributed by atoms with Crippen molar-refractivity contribution in [1.82, 2.24) is 5.32 Å². The highest BCUT2D eigenvalue weighted by molar-refractivity contribution is 7.47. The maximum atomic E-state index is 12.7. The lowest BCUT2D eigenvalue weighted by molar-refractivity contribution is -0.870. The predicted molar refractivity (Wildman–Crippen MR) is 194 cm³/mol. The third kappa shape index (κ3) is 31.3. The Morgan fingerprint density at radius 2 is 1.26 bits per heavy atom. The number of unbranched alkanes of at least 4 members (excludes halogenated alkanes) is 15. The summed E-state index contributed by atoms with van der Waals surface area (Å²) in [6, 6.07) is -0.849. The number of aliphatic hydroxyl groups excluding tert-OH is 1. The van der Waals surface area contributed by atoms with Crippen LogP contribution in [0.2, 0.25) is 0 Å². The van der Waals surface area contributed by atoms with Crippen LogP contribution in [0.25, 0.3) is 0 Å². The average molecular weight is 672 g/mol. The van der Waals surface area contributed by atoms with Crippen molar-refractivity contribution in [3.8, 4) is 0 Å². The van der Waals surface area contributed by atoms with Gasteiger partial charge in [0.15, 0.2) is 0 Å². The molecule has 3 N–H and O–H groups in total. The van der Waals surface area contributed by atoms with Crippen molar-refractivity contribution in [3.05, 3.63) is 36.5 Å². The molecule has 0 saturated heterocycles. The molecule has 8 nitrogen and oxygen atoms in total. The number of amides is 1. The van der Waals surface area contributed by atoms with E-state index in [4.69, 9.17) is 9.05 Å². The van der Waals surface area contributed by atoms with Gasteiger partial charge in [0, 0.05) is 6.42 Å². The number of likely N-dealkylation sites (N-methyl/N-ethyl adjacent to an activating group) is 1. The van der Waals surface area contributed by atoms with Crippen LogP contribution in [0.4, 0.5) is 0 Å². The molecule has 0 aliphatic heterocycles. The molecule has 0 spiro atoms. The predicted octanol–water partition coefficient (Wildman–Crippen LogP) is 9.18. The molecule has 3 atom stereocenters. The lowest BCUT2D eigenvalue weighted by Crippen LogP contribution is -2.45. The van der Waals surface area contributed by atoms with Crippen molar-refractivity contribution in [2.24, 2.45) is 0 Å². The van der Waals surface area contributed by atoms with Crippen LogP contribution >= 0.6 is 7.82 Å². The SMILES string of the molecule is CCCC/C=C\C/C=C\CCCCCCCC(=O)NC(COP(=O)(O)OCC[N+](C)(C)C)C(O)/C=C/CCCCCCCCCC. The Kier molecular flexibility index (Phi) is 29.0. The molecule has 0 fully saturated rings. The Morgan fingerprint density at radius 1 is 0.739 bits per heavy atom. The number of rotatable bonds is 32. The van der Waals surface area contributed by atoms with E-state index >= 15 is 0 Å². The van der Waals surface area contributed by atoms with Gasteiger partial charge in [0.2, 0.25) is 5.91 Å². The number of allylic oxidation sites excluding steroid dienone is 5. The van der Waals surface area contributed by atoms with Crippen molar-refractivity contribution in [3.63, 3.8) is 0 Å². The lowest BCUT2D eigenvalue weighted by atomic mass is 10.1. The van der Waals surface area contributed by atoms with Gasteiger partial charge in [-0.2, -0.15) is 0 Å². The second-order valence-electron chi connectivity index (χ2n) is 13.6. The summed E-state index contributed by atoms with van der Waals surface area (Å²) < 4.78 is 23.4. The van der Waals surface area contributed by atoms with E-state index in [1.807, 2.05) is 27.2 Å². The minimum absolute atomic E-state index is 0.0577. The molecule has 0 aliphatic carbocycles. The molecule has 0 aromatic heterocycles. The number of aliphatic hydroxyl groups is 1. The third-order valence-electron chi connectivity index (χ3n) is 7.85. The number of carbonyl (C=O) groups excluding carboxylic acids is 1. The molecule has 3 unspecified atom stereocenters. The van der Waals surface area contributed by atoms with Gasteiger partial charge in [-0.15, -0.1) is 0 Å². The molecule has 0 bridgehead atoms. The first-order chi connectivity index (χ1) is 22.0. The van der Waals surface area contributed by atoms with E-state index in [-0.39, 0.29) is 19.1 Å². The Morgan fingerprint density at radius 3 is 1.85 bits per heavy atom. The minimum atomic E-state index is -4.33. The largest absolute Gasteiger partial charge is 0.472 e. The van der Waals surface area contributed by atoms with Crippen molar-refractivity contribution in [1.29, 1.82) is 0 Å². The zero-order chi connectivity index (χ0) is 34.4. The summed E-state index contributed by atoms with van der Waals surface area (Å²) in [4.78, 5) is 22.9. The molecule has 0 heterocycles. The molecule has 0 aliphatic rings. The number of hydrogen-bond donors (Lipinski definition) is 3. The number of hydrogen-bond acceptors (Lipinski definition) is 5. The standard InChI is InChI=1S/C37H71N2O6P/c1-6-8-10-12-14-16-18-19-20-21-23-25-27-29-31-37(41)38-35(34-45-46(42,43)44-33-32-39(3,4)5)36(40)30-28-26-24-22-17-15-13-11-9-7-2/h12,14,18-19,28,30,35-36,40H,6-11,13,15-17,20-27,29,31-34H2,1-5H3,(H-,38,41,42,43)/p+1/b14-12-,19-18-,30-28+. The summed E-state index contributed by atoms with van der Waals surface area (Å²) in [5.41, 5.74) is 0. The zero-order valence-electron chi connectivity index (χ0n) is 30.3. The van der Waals surface area contributed by atoms with Crippen LogP contribution in [0.15, 0.2) is 36.5 Å². The van der Waals surface area contributed by atoms with E-state index in [1.54, 1.807) is 6.08 Å². The van der Waals surface area contributed by atoms with Gasteiger partial charge < -0.3 is 19.8 Å². The Bertz CT molecular complexity index is 855. The molecular formula is C37H72N2O6P+. The Hall–Kier alpha value is -1.28. The second kappa shape index (κ2) is 29.8. The highest BCUT2D eigenvalue weighted by Crippen LogP contribution is 2.43. The third-order valence-corrected chi connectivity index (χ3v) is 8.84. The lowest BCUT2D eigenvalue weighted by Gasteiger charge is -2.25. The van der Waals surface area contributed by atoms with E-state index in [9.17, 15) is 19.4 Å². The second-order valence-corrected chi connectivity index (χ2v) is 15.0. The van der Waals surface area contributed by atoms with Gasteiger partial charge >= 0.3 is 7.82 Å². The summed E-state index contributed by atoms with van der Waals surface area (Å²) in [5.74, 6) is -0.197. The Labute approximate surface area is 283 Å². The van der Waals surface area contributed by atoms with Crippen molar-refractivity contribution in [2.45, 2.75) is 154 Å². The maximum Gasteiger partial charge on any atom is 0.472 e. The van der Waals surface area contributed by atoms with Gasteiger partial charge in [-0.1, -0.05) is 127 Å². The van der Waals surface area contributed by atoms with E-state index in [0.717, 1.165) is 64.2 Å². The number of phosphoric acid groups is 1. The number of nitrogens with zero attached hydrogens (tertiary/aromatic N) is 1. The van der Waals surface area contributed by atoms with Crippen LogP contribution < -0.4 is 5.32 Å². The molecule has 0 radical (unpaired) electrons. The topological polar surface area (TPSA) is 105 Å². The van der Waals surface area contributed by atoms with Gasteiger partial charge in [0.25, 0.3) is 0 Å². The molecule has 46 heavy (non-hydrogen) atoms. The molecule has 0 aromatic rings. The van der Waals surface area contributed by atoms with E-state index in [1.165, 1.54) is 57.8 Å². The van der Waals surface area contributed by atoms with Crippen molar-refractivity contribution < 1.29 is 32.9 Å². The first-order valence-corrected chi connectivity index (χ1v) is 19.9. The molecule has 1 amide bonds. The van der Waals surface area contributed by atoms with Crippen LogP contribution in [-0.4, -0.2) is 73.4 Å². The fourth-order valence-corrected chi connectivity index (χ4v) is 5.55. The molecule has 0 rings (SSSR count). The van der Waals surface area contributed by atoms with E-state index in [2.05, 4.69) is 43.5 Å². The highest BCUT2D eigenvalue weighted by atomic mass is 31.2. The van der Waals surface area contributed by atoms with Gasteiger partial charge in [0.05, 0.1) is 39.9 Å². The minimum Gasteiger partial charge on any atom is -0.387 e. The normalized spacial score (nSPS) is 15.2. The van der Waals surface area contributed by atoms with Crippen molar-refractivity contribution >= 4 is 13.7 Å². The highest BCUT2D eigenvalue weighted by Gasteiger charge is 2.27. The number of quaternary nitrogens is 1. The van der Waals surface area contributed by atoms with Gasteiger partial charge in [-0.25, -0.2) is 4.57 Å².